The van der Waals surface area contributed by atoms with Gasteiger partial charge < -0.3 is 19.6 Å². The molecule has 0 aliphatic heterocycles. The molecule has 136 valence electrons. The molecule has 1 N–H and O–H groups in total. The Morgan fingerprint density at radius 3 is 2.35 bits per heavy atom. The van der Waals surface area contributed by atoms with E-state index in [1.165, 1.54) is 0 Å². The molecule has 0 unspecified atom stereocenters. The molecule has 0 saturated carbocycles. The zero-order valence-electron chi connectivity index (χ0n) is 15.2. The maximum Gasteiger partial charge on any atom is 0.229 e. The van der Waals surface area contributed by atoms with Crippen molar-refractivity contribution in [3.05, 3.63) is 35.8 Å². The number of fused-ring (bicyclic) bond motifs is 1. The van der Waals surface area contributed by atoms with Crippen LogP contribution in [0.3, 0.4) is 0 Å². The van der Waals surface area contributed by atoms with Gasteiger partial charge in [0.15, 0.2) is 11.4 Å². The third kappa shape index (κ3) is 3.88. The molecule has 0 saturated heterocycles. The van der Waals surface area contributed by atoms with Gasteiger partial charge in [0, 0.05) is 33.6 Å². The van der Waals surface area contributed by atoms with Crippen LogP contribution in [-0.4, -0.2) is 54.2 Å². The first-order chi connectivity index (χ1) is 12.4. The van der Waals surface area contributed by atoms with E-state index in [9.17, 15) is 4.79 Å². The summed E-state index contributed by atoms with van der Waals surface area (Å²) in [7, 11) is 7.42. The molecule has 0 radical (unpaired) electrons. The number of nitrogens with one attached hydrogen (secondary N) is 1. The maximum absolute atomic E-state index is 12.3. The fourth-order valence-electron chi connectivity index (χ4n) is 2.33. The van der Waals surface area contributed by atoms with Gasteiger partial charge in [0.2, 0.25) is 17.8 Å². The van der Waals surface area contributed by atoms with E-state index in [1.54, 1.807) is 9.80 Å². The predicted octanol–water partition coefficient (Wildman–Crippen LogP) is 1.00. The molecular weight excluding hydrogens is 334 g/mol. The normalized spacial score (nSPS) is 10.8. The van der Waals surface area contributed by atoms with E-state index in [0.717, 1.165) is 5.39 Å². The molecule has 26 heavy (non-hydrogen) atoms. The van der Waals surface area contributed by atoms with Crippen molar-refractivity contribution in [2.75, 3.05) is 38.0 Å². The summed E-state index contributed by atoms with van der Waals surface area (Å²) < 4.78 is 5.22. The summed E-state index contributed by atoms with van der Waals surface area (Å²) >= 11 is 0. The van der Waals surface area contributed by atoms with Crippen molar-refractivity contribution in [1.29, 1.82) is 0 Å². The highest BCUT2D eigenvalue weighted by molar-refractivity contribution is 5.86. The quantitative estimate of drug-likeness (QED) is 0.699. The standard InChI is InChI=1S/C17H21N7O2/c1-23(2)16-19-14(20-17(21-16)24(3)4)10-18-15(25)9-12-11-7-5-6-8-13(11)26-22-12/h5-8H,9-10H2,1-4H3,(H,18,25). The molecule has 9 heteroatoms. The number of hydrogen-bond donors (Lipinski definition) is 1. The number of carbonyl (C=O) groups excluding carboxylic acids is 1. The molecule has 0 aliphatic carbocycles. The van der Waals surface area contributed by atoms with E-state index in [4.69, 9.17) is 4.52 Å². The van der Waals surface area contributed by atoms with E-state index in [0.29, 0.717) is 29.0 Å². The molecule has 9 nitrogen and oxygen atoms in total. The summed E-state index contributed by atoms with van der Waals surface area (Å²) in [6.07, 6.45) is 0.128. The third-order valence-electron chi connectivity index (χ3n) is 3.68. The van der Waals surface area contributed by atoms with Gasteiger partial charge in [-0.3, -0.25) is 4.79 Å². The molecule has 2 heterocycles. The van der Waals surface area contributed by atoms with Gasteiger partial charge in [0.1, 0.15) is 5.69 Å². The molecular formula is C17H21N7O2. The Labute approximate surface area is 151 Å². The highest BCUT2D eigenvalue weighted by Gasteiger charge is 2.14. The predicted molar refractivity (Wildman–Crippen MR) is 98.0 cm³/mol. The van der Waals surface area contributed by atoms with Gasteiger partial charge in [-0.25, -0.2) is 0 Å². The monoisotopic (exact) mass is 355 g/mol. The van der Waals surface area contributed by atoms with Crippen LogP contribution in [0.4, 0.5) is 11.9 Å². The van der Waals surface area contributed by atoms with Gasteiger partial charge in [0.05, 0.1) is 13.0 Å². The zero-order chi connectivity index (χ0) is 18.7. The lowest BCUT2D eigenvalue weighted by Crippen LogP contribution is -2.27. The Morgan fingerprint density at radius 1 is 1.04 bits per heavy atom. The van der Waals surface area contributed by atoms with Crippen LogP contribution in [0.2, 0.25) is 0 Å². The van der Waals surface area contributed by atoms with E-state index in [2.05, 4.69) is 25.4 Å². The van der Waals surface area contributed by atoms with Gasteiger partial charge in [-0.1, -0.05) is 17.3 Å². The number of rotatable bonds is 6. The second-order valence-electron chi connectivity index (χ2n) is 6.22. The van der Waals surface area contributed by atoms with Crippen molar-refractivity contribution in [3.8, 4) is 0 Å². The van der Waals surface area contributed by atoms with Gasteiger partial charge in [-0.15, -0.1) is 0 Å². The fraction of sp³-hybridized carbons (Fsp3) is 0.353. The minimum Gasteiger partial charge on any atom is -0.356 e. The number of benzene rings is 1. The fourth-order valence-corrected chi connectivity index (χ4v) is 2.33. The lowest BCUT2D eigenvalue weighted by molar-refractivity contribution is -0.120. The topological polar surface area (TPSA) is 100 Å². The number of anilines is 2. The number of para-hydroxylation sites is 1. The van der Waals surface area contributed by atoms with Gasteiger partial charge in [-0.05, 0) is 12.1 Å². The molecule has 0 fully saturated rings. The largest absolute Gasteiger partial charge is 0.356 e. The molecule has 0 spiro atoms. The minimum atomic E-state index is -0.178. The first-order valence-electron chi connectivity index (χ1n) is 8.13. The number of amides is 1. The first kappa shape index (κ1) is 17.6. The second-order valence-corrected chi connectivity index (χ2v) is 6.22. The molecule has 0 atom stereocenters. The molecule has 0 bridgehead atoms. The van der Waals surface area contributed by atoms with E-state index < -0.39 is 0 Å². The lowest BCUT2D eigenvalue weighted by atomic mass is 10.1. The van der Waals surface area contributed by atoms with E-state index in [-0.39, 0.29) is 18.9 Å². The Balaban J connectivity index is 1.69. The van der Waals surface area contributed by atoms with Crippen LogP contribution >= 0.6 is 0 Å². The minimum absolute atomic E-state index is 0.128. The van der Waals surface area contributed by atoms with Crippen LogP contribution in [0.25, 0.3) is 11.0 Å². The number of carbonyl (C=O) groups is 1. The average molecular weight is 355 g/mol. The molecule has 1 amide bonds. The van der Waals surface area contributed by atoms with Crippen LogP contribution in [0.5, 0.6) is 0 Å². The first-order valence-corrected chi connectivity index (χ1v) is 8.13. The number of aromatic nitrogens is 4. The van der Waals surface area contributed by atoms with E-state index in [1.807, 2.05) is 52.5 Å². The van der Waals surface area contributed by atoms with Crippen LogP contribution in [0.1, 0.15) is 11.5 Å². The Bertz CT molecular complexity index is 894. The van der Waals surface area contributed by atoms with Gasteiger partial charge in [0.25, 0.3) is 0 Å². The molecule has 0 aliphatic rings. The van der Waals surface area contributed by atoms with Gasteiger partial charge >= 0.3 is 0 Å². The lowest BCUT2D eigenvalue weighted by Gasteiger charge is -2.16. The van der Waals surface area contributed by atoms with E-state index >= 15 is 0 Å². The van der Waals surface area contributed by atoms with Crippen LogP contribution < -0.4 is 15.1 Å². The number of nitrogens with zero attached hydrogens (tertiary/aromatic N) is 6. The Morgan fingerprint density at radius 2 is 1.69 bits per heavy atom. The summed E-state index contributed by atoms with van der Waals surface area (Å²) in [4.78, 5) is 28.9. The average Bonchev–Trinajstić information content (AvgIpc) is 3.02. The molecule has 2 aromatic heterocycles. The summed E-state index contributed by atoms with van der Waals surface area (Å²) in [5.74, 6) is 1.39. The Kier molecular flexibility index (Phi) is 4.97. The molecule has 3 rings (SSSR count). The second kappa shape index (κ2) is 7.34. The third-order valence-corrected chi connectivity index (χ3v) is 3.68. The smallest absolute Gasteiger partial charge is 0.229 e. The zero-order valence-corrected chi connectivity index (χ0v) is 15.2. The van der Waals surface area contributed by atoms with Crippen molar-refractivity contribution < 1.29 is 9.32 Å². The van der Waals surface area contributed by atoms with Crippen molar-refractivity contribution >= 4 is 28.8 Å². The highest BCUT2D eigenvalue weighted by atomic mass is 16.5. The maximum atomic E-state index is 12.3. The summed E-state index contributed by atoms with van der Waals surface area (Å²) in [6.45, 7) is 0.207. The van der Waals surface area contributed by atoms with Crippen molar-refractivity contribution in [3.63, 3.8) is 0 Å². The Hall–Kier alpha value is -3.23. The van der Waals surface area contributed by atoms with Gasteiger partial charge in [-0.2, -0.15) is 15.0 Å². The van der Waals surface area contributed by atoms with Crippen molar-refractivity contribution in [2.45, 2.75) is 13.0 Å². The summed E-state index contributed by atoms with van der Waals surface area (Å²) in [5, 5.41) is 7.64. The SMILES string of the molecule is CN(C)c1nc(CNC(=O)Cc2noc3ccccc23)nc(N(C)C)n1. The van der Waals surface area contributed by atoms with Crippen LogP contribution in [-0.2, 0) is 17.8 Å². The molecule has 1 aromatic carbocycles. The molecule has 3 aromatic rings. The summed E-state index contributed by atoms with van der Waals surface area (Å²) in [6, 6.07) is 7.45. The van der Waals surface area contributed by atoms with Crippen LogP contribution in [0, 0.1) is 0 Å². The van der Waals surface area contributed by atoms with Crippen molar-refractivity contribution in [2.24, 2.45) is 0 Å². The highest BCUT2D eigenvalue weighted by Crippen LogP contribution is 2.18. The van der Waals surface area contributed by atoms with Crippen molar-refractivity contribution in [1.82, 2.24) is 25.4 Å². The number of hydrogen-bond acceptors (Lipinski definition) is 8. The summed E-state index contributed by atoms with van der Waals surface area (Å²) in [5.41, 5.74) is 1.27. The van der Waals surface area contributed by atoms with Crippen LogP contribution in [0.15, 0.2) is 28.8 Å².